The molecule has 1 aromatic carbocycles. The largest absolute Gasteiger partial charge is 0.341 e. The van der Waals surface area contributed by atoms with Gasteiger partial charge >= 0.3 is 5.69 Å². The van der Waals surface area contributed by atoms with Crippen LogP contribution in [0.15, 0.2) is 52.2 Å². The zero-order valence-electron chi connectivity index (χ0n) is 12.8. The van der Waals surface area contributed by atoms with Gasteiger partial charge in [0, 0.05) is 25.4 Å². The van der Waals surface area contributed by atoms with Crippen LogP contribution in [0.4, 0.5) is 0 Å². The van der Waals surface area contributed by atoms with Crippen LogP contribution in [0.1, 0.15) is 24.3 Å². The Morgan fingerprint density at radius 1 is 1.09 bits per heavy atom. The van der Waals surface area contributed by atoms with E-state index in [0.29, 0.717) is 19.0 Å². The Kier molecular flexibility index (Phi) is 4.41. The van der Waals surface area contributed by atoms with Crippen molar-refractivity contribution in [2.24, 2.45) is 0 Å². The second-order valence-electron chi connectivity index (χ2n) is 5.80. The van der Waals surface area contributed by atoms with E-state index in [2.05, 4.69) is 17.1 Å². The summed E-state index contributed by atoms with van der Waals surface area (Å²) >= 11 is 0. The maximum absolute atomic E-state index is 12.3. The lowest BCUT2D eigenvalue weighted by atomic mass is 9.89. The van der Waals surface area contributed by atoms with Crippen LogP contribution >= 0.6 is 0 Å². The summed E-state index contributed by atoms with van der Waals surface area (Å²) in [6.07, 6.45) is 3.21. The SMILES string of the molecule is O=C(Cn1ccc(=O)[nH]c1=O)N1CCC(c2ccccc2)CC1. The molecular formula is C17H19N3O3. The number of H-pyrrole nitrogens is 1. The first kappa shape index (κ1) is 15.3. The second kappa shape index (κ2) is 6.64. The maximum Gasteiger partial charge on any atom is 0.328 e. The van der Waals surface area contributed by atoms with Gasteiger partial charge in [-0.15, -0.1) is 0 Å². The van der Waals surface area contributed by atoms with Gasteiger partial charge in [0.2, 0.25) is 5.91 Å². The number of hydrogen-bond acceptors (Lipinski definition) is 3. The molecule has 1 aliphatic rings. The molecule has 23 heavy (non-hydrogen) atoms. The Balaban J connectivity index is 1.60. The second-order valence-corrected chi connectivity index (χ2v) is 5.80. The lowest BCUT2D eigenvalue weighted by Crippen LogP contribution is -2.42. The number of aromatic amines is 1. The molecule has 1 aliphatic heterocycles. The highest BCUT2D eigenvalue weighted by Crippen LogP contribution is 2.27. The molecule has 0 saturated carbocycles. The van der Waals surface area contributed by atoms with Crippen LogP contribution in [0.3, 0.4) is 0 Å². The lowest BCUT2D eigenvalue weighted by molar-refractivity contribution is -0.133. The Morgan fingerprint density at radius 3 is 2.43 bits per heavy atom. The number of carbonyl (C=O) groups is 1. The minimum absolute atomic E-state index is 0.0361. The molecule has 0 spiro atoms. The van der Waals surface area contributed by atoms with Gasteiger partial charge in [0.05, 0.1) is 0 Å². The summed E-state index contributed by atoms with van der Waals surface area (Å²) in [5, 5.41) is 0. The fourth-order valence-corrected chi connectivity index (χ4v) is 3.00. The topological polar surface area (TPSA) is 75.2 Å². The molecule has 0 bridgehead atoms. The van der Waals surface area contributed by atoms with Crippen molar-refractivity contribution in [1.82, 2.24) is 14.5 Å². The van der Waals surface area contributed by atoms with Gasteiger partial charge in [0.15, 0.2) is 0 Å². The van der Waals surface area contributed by atoms with Gasteiger partial charge in [-0.2, -0.15) is 0 Å². The first-order valence-corrected chi connectivity index (χ1v) is 7.76. The molecule has 1 N–H and O–H groups in total. The molecule has 3 rings (SSSR count). The zero-order chi connectivity index (χ0) is 16.2. The summed E-state index contributed by atoms with van der Waals surface area (Å²) in [6, 6.07) is 11.6. The van der Waals surface area contributed by atoms with Crippen LogP contribution < -0.4 is 11.2 Å². The quantitative estimate of drug-likeness (QED) is 0.916. The summed E-state index contributed by atoms with van der Waals surface area (Å²) in [4.78, 5) is 38.9. The third kappa shape index (κ3) is 3.59. The Labute approximate surface area is 133 Å². The highest BCUT2D eigenvalue weighted by Gasteiger charge is 2.23. The van der Waals surface area contributed by atoms with Gasteiger partial charge in [-0.1, -0.05) is 30.3 Å². The number of likely N-dealkylation sites (tertiary alicyclic amines) is 1. The van der Waals surface area contributed by atoms with Crippen LogP contribution in [0, 0.1) is 0 Å². The van der Waals surface area contributed by atoms with Crippen molar-refractivity contribution in [1.29, 1.82) is 0 Å². The van der Waals surface area contributed by atoms with Crippen LogP contribution in [0.25, 0.3) is 0 Å². The lowest BCUT2D eigenvalue weighted by Gasteiger charge is -2.32. The fraction of sp³-hybridized carbons (Fsp3) is 0.353. The molecule has 120 valence electrons. The molecule has 1 amide bonds. The predicted molar refractivity (Wildman–Crippen MR) is 86.3 cm³/mol. The van der Waals surface area contributed by atoms with Crippen molar-refractivity contribution in [3.8, 4) is 0 Å². The summed E-state index contributed by atoms with van der Waals surface area (Å²) in [7, 11) is 0. The summed E-state index contributed by atoms with van der Waals surface area (Å²) in [6.45, 7) is 1.35. The van der Waals surface area contributed by atoms with Crippen molar-refractivity contribution in [2.75, 3.05) is 13.1 Å². The van der Waals surface area contributed by atoms with Crippen molar-refractivity contribution in [3.05, 3.63) is 69.0 Å². The van der Waals surface area contributed by atoms with E-state index < -0.39 is 11.2 Å². The number of piperidine rings is 1. The summed E-state index contributed by atoms with van der Waals surface area (Å²) in [5.41, 5.74) is 0.309. The van der Waals surface area contributed by atoms with E-state index >= 15 is 0 Å². The fourth-order valence-electron chi connectivity index (χ4n) is 3.00. The molecule has 2 heterocycles. The van der Waals surface area contributed by atoms with Crippen LogP contribution in [-0.2, 0) is 11.3 Å². The van der Waals surface area contributed by atoms with E-state index in [1.54, 1.807) is 4.90 Å². The average Bonchev–Trinajstić information content (AvgIpc) is 2.58. The third-order valence-electron chi connectivity index (χ3n) is 4.32. The highest BCUT2D eigenvalue weighted by atomic mass is 16.2. The number of benzene rings is 1. The van der Waals surface area contributed by atoms with E-state index in [0.717, 1.165) is 12.8 Å². The number of aromatic nitrogens is 2. The molecule has 1 saturated heterocycles. The molecule has 1 aromatic heterocycles. The van der Waals surface area contributed by atoms with Crippen molar-refractivity contribution >= 4 is 5.91 Å². The van der Waals surface area contributed by atoms with E-state index in [1.165, 1.54) is 22.4 Å². The Hall–Kier alpha value is -2.63. The molecule has 0 radical (unpaired) electrons. The Bertz CT molecular complexity index is 786. The highest BCUT2D eigenvalue weighted by molar-refractivity contribution is 5.76. The first-order valence-electron chi connectivity index (χ1n) is 7.76. The minimum atomic E-state index is -0.551. The summed E-state index contributed by atoms with van der Waals surface area (Å²) < 4.78 is 1.23. The number of rotatable bonds is 3. The first-order chi connectivity index (χ1) is 11.1. The van der Waals surface area contributed by atoms with E-state index in [9.17, 15) is 14.4 Å². The van der Waals surface area contributed by atoms with Gasteiger partial charge < -0.3 is 4.90 Å². The van der Waals surface area contributed by atoms with Gasteiger partial charge in [0.25, 0.3) is 5.56 Å². The predicted octanol–water partition coefficient (Wildman–Crippen LogP) is 0.943. The number of nitrogens with one attached hydrogen (secondary N) is 1. The molecule has 1 fully saturated rings. The normalized spacial score (nSPS) is 15.6. The average molecular weight is 313 g/mol. The van der Waals surface area contributed by atoms with Crippen LogP contribution in [-0.4, -0.2) is 33.4 Å². The van der Waals surface area contributed by atoms with Crippen LogP contribution in [0.5, 0.6) is 0 Å². The molecule has 0 atom stereocenters. The third-order valence-corrected chi connectivity index (χ3v) is 4.32. The molecule has 0 aliphatic carbocycles. The molecular weight excluding hydrogens is 294 g/mol. The van der Waals surface area contributed by atoms with Gasteiger partial charge in [-0.3, -0.25) is 19.1 Å². The van der Waals surface area contributed by atoms with Gasteiger partial charge in [0.1, 0.15) is 6.54 Å². The van der Waals surface area contributed by atoms with Crippen LogP contribution in [0.2, 0.25) is 0 Å². The van der Waals surface area contributed by atoms with Gasteiger partial charge in [-0.05, 0) is 24.3 Å². The molecule has 2 aromatic rings. The van der Waals surface area contributed by atoms with Gasteiger partial charge in [-0.25, -0.2) is 4.79 Å². The molecule has 6 nitrogen and oxygen atoms in total. The molecule has 0 unspecified atom stereocenters. The smallest absolute Gasteiger partial charge is 0.328 e. The monoisotopic (exact) mass is 313 g/mol. The van der Waals surface area contributed by atoms with E-state index in [4.69, 9.17) is 0 Å². The molecule has 6 heteroatoms. The number of nitrogens with zero attached hydrogens (tertiary/aromatic N) is 2. The minimum Gasteiger partial charge on any atom is -0.341 e. The summed E-state index contributed by atoms with van der Waals surface area (Å²) in [5.74, 6) is 0.390. The number of amides is 1. The van der Waals surface area contributed by atoms with E-state index in [-0.39, 0.29) is 12.5 Å². The number of hydrogen-bond donors (Lipinski definition) is 1. The van der Waals surface area contributed by atoms with Crippen molar-refractivity contribution < 1.29 is 4.79 Å². The maximum atomic E-state index is 12.3. The zero-order valence-corrected chi connectivity index (χ0v) is 12.8. The standard InChI is InChI=1S/C17H19N3O3/c21-15-8-11-20(17(23)18-15)12-16(22)19-9-6-14(7-10-19)13-4-2-1-3-5-13/h1-5,8,11,14H,6-7,9-10,12H2,(H,18,21,23). The Morgan fingerprint density at radius 2 is 1.78 bits per heavy atom. The number of carbonyl (C=O) groups excluding carboxylic acids is 1. The van der Waals surface area contributed by atoms with E-state index in [1.807, 2.05) is 18.2 Å². The van der Waals surface area contributed by atoms with Crippen molar-refractivity contribution in [3.63, 3.8) is 0 Å². The van der Waals surface area contributed by atoms with Crippen molar-refractivity contribution in [2.45, 2.75) is 25.3 Å².